The van der Waals surface area contributed by atoms with E-state index in [4.69, 9.17) is 10.3 Å². The molecular formula is C5H7N3O. The Labute approximate surface area is 52.0 Å². The van der Waals surface area contributed by atoms with Gasteiger partial charge in [0.1, 0.15) is 0 Å². The van der Waals surface area contributed by atoms with E-state index in [1.54, 1.807) is 0 Å². The largest absolute Gasteiger partial charge is 0.365 e. The van der Waals surface area contributed by atoms with Crippen molar-refractivity contribution in [2.24, 2.45) is 0 Å². The summed E-state index contributed by atoms with van der Waals surface area (Å²) in [6.07, 6.45) is 2.34. The van der Waals surface area contributed by atoms with Crippen LogP contribution in [0, 0.1) is 0 Å². The molecule has 0 radical (unpaired) electrons. The van der Waals surface area contributed by atoms with E-state index in [1.165, 1.54) is 12.8 Å². The molecule has 4 nitrogen and oxygen atoms in total. The fraction of sp³-hybridized carbons (Fsp3) is 0.600. The van der Waals surface area contributed by atoms with Crippen molar-refractivity contribution in [3.63, 3.8) is 0 Å². The molecule has 1 aliphatic rings. The maximum atomic E-state index is 5.23. The van der Waals surface area contributed by atoms with Crippen LogP contribution >= 0.6 is 0 Å². The summed E-state index contributed by atoms with van der Waals surface area (Å²) in [6.45, 7) is 0. The quantitative estimate of drug-likeness (QED) is 0.594. The molecule has 48 valence electrons. The standard InChI is InChI=1S/C5H7N3O/c6-5-7-4(9-8-5)3-1-2-3/h3H,1-2H2,(H2,6,8). The van der Waals surface area contributed by atoms with Crippen molar-refractivity contribution >= 4 is 5.95 Å². The number of nitrogens with zero attached hydrogens (tertiary/aromatic N) is 2. The van der Waals surface area contributed by atoms with E-state index in [9.17, 15) is 0 Å². The van der Waals surface area contributed by atoms with E-state index < -0.39 is 0 Å². The van der Waals surface area contributed by atoms with Gasteiger partial charge in [0.15, 0.2) is 0 Å². The molecule has 1 saturated carbocycles. The molecule has 0 bridgehead atoms. The van der Waals surface area contributed by atoms with Gasteiger partial charge in [0.05, 0.1) is 0 Å². The Hall–Kier alpha value is -1.06. The van der Waals surface area contributed by atoms with E-state index in [0.29, 0.717) is 11.8 Å². The molecular weight excluding hydrogens is 118 g/mol. The molecule has 0 atom stereocenters. The van der Waals surface area contributed by atoms with Crippen LogP contribution in [0.25, 0.3) is 0 Å². The zero-order valence-electron chi connectivity index (χ0n) is 4.87. The van der Waals surface area contributed by atoms with Gasteiger partial charge in [-0.2, -0.15) is 4.98 Å². The summed E-state index contributed by atoms with van der Waals surface area (Å²) >= 11 is 0. The van der Waals surface area contributed by atoms with Gasteiger partial charge in [-0.3, -0.25) is 0 Å². The van der Waals surface area contributed by atoms with Crippen molar-refractivity contribution in [1.82, 2.24) is 10.1 Å². The van der Waals surface area contributed by atoms with Crippen molar-refractivity contribution in [3.8, 4) is 0 Å². The van der Waals surface area contributed by atoms with Crippen molar-refractivity contribution in [3.05, 3.63) is 5.89 Å². The zero-order chi connectivity index (χ0) is 6.27. The van der Waals surface area contributed by atoms with Crippen LogP contribution in [-0.2, 0) is 0 Å². The van der Waals surface area contributed by atoms with Gasteiger partial charge in [-0.1, -0.05) is 0 Å². The number of anilines is 1. The van der Waals surface area contributed by atoms with Crippen LogP contribution < -0.4 is 5.73 Å². The molecule has 1 fully saturated rings. The van der Waals surface area contributed by atoms with Gasteiger partial charge in [-0.05, 0) is 18.0 Å². The second-order valence-corrected chi connectivity index (χ2v) is 2.27. The van der Waals surface area contributed by atoms with Crippen LogP contribution in [0.2, 0.25) is 0 Å². The number of hydrogen-bond acceptors (Lipinski definition) is 4. The smallest absolute Gasteiger partial charge is 0.260 e. The third-order valence-electron chi connectivity index (χ3n) is 1.38. The van der Waals surface area contributed by atoms with E-state index >= 15 is 0 Å². The molecule has 0 amide bonds. The van der Waals surface area contributed by atoms with Crippen LogP contribution in [0.15, 0.2) is 4.52 Å². The lowest BCUT2D eigenvalue weighted by molar-refractivity contribution is 0.380. The van der Waals surface area contributed by atoms with Crippen LogP contribution in [0.4, 0.5) is 5.95 Å². The Bertz CT molecular complexity index is 216. The molecule has 1 aliphatic carbocycles. The average Bonchev–Trinajstić information content (AvgIpc) is 2.58. The maximum absolute atomic E-state index is 5.23. The summed E-state index contributed by atoms with van der Waals surface area (Å²) in [5.74, 6) is 1.46. The third kappa shape index (κ3) is 0.759. The molecule has 1 heterocycles. The van der Waals surface area contributed by atoms with E-state index in [0.717, 1.165) is 0 Å². The number of hydrogen-bond donors (Lipinski definition) is 1. The van der Waals surface area contributed by atoms with Crippen LogP contribution in [0.1, 0.15) is 24.7 Å². The van der Waals surface area contributed by atoms with E-state index in [2.05, 4.69) is 10.1 Å². The minimum Gasteiger partial charge on any atom is -0.365 e. The highest BCUT2D eigenvalue weighted by Gasteiger charge is 2.29. The maximum Gasteiger partial charge on any atom is 0.260 e. The topological polar surface area (TPSA) is 64.9 Å². The van der Waals surface area contributed by atoms with Gasteiger partial charge in [0, 0.05) is 5.92 Å². The van der Waals surface area contributed by atoms with Crippen molar-refractivity contribution in [2.45, 2.75) is 18.8 Å². The van der Waals surface area contributed by atoms with Crippen LogP contribution in [-0.4, -0.2) is 10.1 Å². The normalized spacial score (nSPS) is 18.2. The number of nitrogens with two attached hydrogens (primary N) is 1. The molecule has 9 heavy (non-hydrogen) atoms. The Balaban J connectivity index is 2.28. The zero-order valence-corrected chi connectivity index (χ0v) is 4.87. The fourth-order valence-corrected chi connectivity index (χ4v) is 0.743. The molecule has 0 unspecified atom stereocenters. The molecule has 1 aromatic heterocycles. The average molecular weight is 125 g/mol. The first-order chi connectivity index (χ1) is 4.36. The van der Waals surface area contributed by atoms with Gasteiger partial charge in [0.2, 0.25) is 5.89 Å². The van der Waals surface area contributed by atoms with Crippen molar-refractivity contribution < 1.29 is 4.52 Å². The Morgan fingerprint density at radius 3 is 2.78 bits per heavy atom. The highest BCUT2D eigenvalue weighted by atomic mass is 16.5. The highest BCUT2D eigenvalue weighted by Crippen LogP contribution is 2.38. The van der Waals surface area contributed by atoms with Gasteiger partial charge in [-0.15, -0.1) is 0 Å². The van der Waals surface area contributed by atoms with Gasteiger partial charge in [0.25, 0.3) is 5.95 Å². The predicted octanol–water partition coefficient (Wildman–Crippen LogP) is 0.529. The molecule has 0 spiro atoms. The number of rotatable bonds is 1. The highest BCUT2D eigenvalue weighted by molar-refractivity contribution is 5.14. The van der Waals surface area contributed by atoms with Gasteiger partial charge >= 0.3 is 0 Å². The first kappa shape index (κ1) is 4.78. The molecule has 1 aromatic rings. The van der Waals surface area contributed by atoms with Crippen molar-refractivity contribution in [1.29, 1.82) is 0 Å². The fourth-order valence-electron chi connectivity index (χ4n) is 0.743. The Morgan fingerprint density at radius 1 is 1.56 bits per heavy atom. The van der Waals surface area contributed by atoms with Gasteiger partial charge in [-0.25, -0.2) is 0 Å². The molecule has 0 aromatic carbocycles. The minimum atomic E-state index is 0.247. The SMILES string of the molecule is Nc1noc(C2CC2)n1. The second kappa shape index (κ2) is 1.46. The van der Waals surface area contributed by atoms with Crippen molar-refractivity contribution in [2.75, 3.05) is 5.73 Å². The lowest BCUT2D eigenvalue weighted by Gasteiger charge is -1.78. The molecule has 4 heteroatoms. The summed E-state index contributed by atoms with van der Waals surface area (Å²) in [5.41, 5.74) is 5.23. The van der Waals surface area contributed by atoms with Gasteiger partial charge < -0.3 is 10.3 Å². The predicted molar refractivity (Wildman–Crippen MR) is 30.7 cm³/mol. The Morgan fingerprint density at radius 2 is 2.33 bits per heavy atom. The molecule has 0 saturated heterocycles. The first-order valence-corrected chi connectivity index (χ1v) is 2.95. The Kier molecular flexibility index (Phi) is 0.777. The number of aromatic nitrogens is 2. The van der Waals surface area contributed by atoms with E-state index in [1.807, 2.05) is 0 Å². The lowest BCUT2D eigenvalue weighted by atomic mass is 10.4. The second-order valence-electron chi connectivity index (χ2n) is 2.27. The first-order valence-electron chi connectivity index (χ1n) is 2.95. The van der Waals surface area contributed by atoms with Crippen LogP contribution in [0.5, 0.6) is 0 Å². The monoisotopic (exact) mass is 125 g/mol. The molecule has 2 rings (SSSR count). The number of nitrogen functional groups attached to an aromatic ring is 1. The third-order valence-corrected chi connectivity index (χ3v) is 1.38. The van der Waals surface area contributed by atoms with E-state index in [-0.39, 0.29) is 5.95 Å². The molecule has 0 aliphatic heterocycles. The summed E-state index contributed by atoms with van der Waals surface area (Å²) in [5, 5.41) is 3.47. The minimum absolute atomic E-state index is 0.247. The summed E-state index contributed by atoms with van der Waals surface area (Å²) in [6, 6.07) is 0. The summed E-state index contributed by atoms with van der Waals surface area (Å²) in [4.78, 5) is 3.87. The molecule has 2 N–H and O–H groups in total. The van der Waals surface area contributed by atoms with Crippen LogP contribution in [0.3, 0.4) is 0 Å². The summed E-state index contributed by atoms with van der Waals surface area (Å²) < 4.78 is 4.80. The lowest BCUT2D eigenvalue weighted by Crippen LogP contribution is -1.85. The summed E-state index contributed by atoms with van der Waals surface area (Å²) in [7, 11) is 0.